The molecule has 1 saturated heterocycles. The van der Waals surface area contributed by atoms with Crippen LogP contribution in [-0.2, 0) is 13.7 Å². The van der Waals surface area contributed by atoms with Crippen molar-refractivity contribution in [3.05, 3.63) is 0 Å². The summed E-state index contributed by atoms with van der Waals surface area (Å²) in [4.78, 5) is 0. The second kappa shape index (κ2) is 3.46. The van der Waals surface area contributed by atoms with Crippen molar-refractivity contribution in [1.82, 2.24) is 0 Å². The highest BCUT2D eigenvalue weighted by molar-refractivity contribution is 6.72. The van der Waals surface area contributed by atoms with Gasteiger partial charge in [-0.15, -0.1) is 0 Å². The van der Waals surface area contributed by atoms with E-state index in [1.165, 1.54) is 0 Å². The van der Waals surface area contributed by atoms with Crippen LogP contribution < -0.4 is 0 Å². The molecule has 0 N–H and O–H groups in total. The Hall–Kier alpha value is 0.0748. The molecule has 0 atom stereocenters. The quantitative estimate of drug-likeness (QED) is 0.503. The van der Waals surface area contributed by atoms with Gasteiger partial charge in [-0.2, -0.15) is 0 Å². The fourth-order valence-corrected chi connectivity index (χ4v) is 0.986. The van der Waals surface area contributed by atoms with Crippen molar-refractivity contribution in [3.8, 4) is 0 Å². The van der Waals surface area contributed by atoms with E-state index in [4.69, 9.17) is 13.7 Å². The Morgan fingerprint density at radius 3 is 1.90 bits per heavy atom. The van der Waals surface area contributed by atoms with Crippen LogP contribution in [0.3, 0.4) is 0 Å². The van der Waals surface area contributed by atoms with E-state index in [-0.39, 0.29) is 21.4 Å². The molecule has 1 aliphatic rings. The van der Waals surface area contributed by atoms with Crippen LogP contribution in [0.2, 0.25) is 20.0 Å². The molecule has 0 aliphatic carbocycles. The first kappa shape index (κ1) is 8.17. The van der Waals surface area contributed by atoms with Gasteiger partial charge in [0.1, 0.15) is 0 Å². The van der Waals surface area contributed by atoms with Crippen LogP contribution >= 0.6 is 0 Å². The van der Waals surface area contributed by atoms with Gasteiger partial charge in [-0.1, -0.05) is 6.92 Å². The van der Waals surface area contributed by atoms with Crippen molar-refractivity contribution >= 4 is 21.4 Å². The Labute approximate surface area is 62.8 Å². The molecule has 0 unspecified atom stereocenters. The second-order valence-electron chi connectivity index (χ2n) is 2.38. The standard InChI is InChI=1S/C4H11B3O3/c1-4-7-9-5(2)8-6(3)10-7/h4H2,1-3H3. The molecule has 1 rings (SSSR count). The van der Waals surface area contributed by atoms with Crippen LogP contribution in [0.5, 0.6) is 0 Å². The lowest BCUT2D eigenvalue weighted by Crippen LogP contribution is -2.45. The highest BCUT2D eigenvalue weighted by atomic mass is 16.7. The summed E-state index contributed by atoms with van der Waals surface area (Å²) in [6, 6.07) is 0. The van der Waals surface area contributed by atoms with Gasteiger partial charge in [0.15, 0.2) is 0 Å². The van der Waals surface area contributed by atoms with Crippen molar-refractivity contribution < 1.29 is 13.7 Å². The lowest BCUT2D eigenvalue weighted by atomic mass is 9.71. The lowest BCUT2D eigenvalue weighted by molar-refractivity contribution is 0.290. The van der Waals surface area contributed by atoms with Gasteiger partial charge < -0.3 is 13.7 Å². The zero-order valence-corrected chi connectivity index (χ0v) is 6.66. The van der Waals surface area contributed by atoms with Gasteiger partial charge in [-0.25, -0.2) is 0 Å². The van der Waals surface area contributed by atoms with Crippen LogP contribution in [0.1, 0.15) is 6.92 Å². The summed E-state index contributed by atoms with van der Waals surface area (Å²) in [5, 5.41) is 0. The number of hydrogen-bond acceptors (Lipinski definition) is 3. The maximum atomic E-state index is 5.26. The lowest BCUT2D eigenvalue weighted by Gasteiger charge is -2.26. The second-order valence-corrected chi connectivity index (χ2v) is 2.38. The molecule has 1 heterocycles. The van der Waals surface area contributed by atoms with Crippen LogP contribution in [-0.4, -0.2) is 21.4 Å². The molecule has 1 aliphatic heterocycles. The van der Waals surface area contributed by atoms with Gasteiger partial charge in [0, 0.05) is 0 Å². The molecule has 0 saturated carbocycles. The smallest absolute Gasteiger partial charge is 0.429 e. The molecule has 1 fully saturated rings. The Morgan fingerprint density at radius 1 is 1.00 bits per heavy atom. The first-order valence-corrected chi connectivity index (χ1v) is 3.68. The van der Waals surface area contributed by atoms with E-state index in [0.717, 1.165) is 6.32 Å². The molecule has 54 valence electrons. The summed E-state index contributed by atoms with van der Waals surface area (Å²) in [5.74, 6) is 0. The molecule has 3 nitrogen and oxygen atoms in total. The Morgan fingerprint density at radius 2 is 1.50 bits per heavy atom. The first-order valence-electron chi connectivity index (χ1n) is 3.68. The third kappa shape index (κ3) is 2.04. The van der Waals surface area contributed by atoms with Crippen LogP contribution in [0.4, 0.5) is 0 Å². The monoisotopic (exact) mass is 140 g/mol. The summed E-state index contributed by atoms with van der Waals surface area (Å²) >= 11 is 0. The molecule has 0 aromatic carbocycles. The zero-order chi connectivity index (χ0) is 7.56. The third-order valence-corrected chi connectivity index (χ3v) is 1.40. The normalized spacial score (nSPS) is 20.1. The van der Waals surface area contributed by atoms with Gasteiger partial charge >= 0.3 is 21.4 Å². The maximum Gasteiger partial charge on any atom is 0.429 e. The predicted octanol–water partition coefficient (Wildman–Crippen LogP) is 0.794. The van der Waals surface area contributed by atoms with Gasteiger partial charge in [-0.3, -0.25) is 0 Å². The molecular weight excluding hydrogens is 128 g/mol. The van der Waals surface area contributed by atoms with Crippen LogP contribution in [0.25, 0.3) is 0 Å². The summed E-state index contributed by atoms with van der Waals surface area (Å²) in [5.41, 5.74) is 0. The first-order chi connectivity index (χ1) is 4.72. The molecule has 0 amide bonds. The summed E-state index contributed by atoms with van der Waals surface area (Å²) < 4.78 is 15.7. The van der Waals surface area contributed by atoms with Crippen molar-refractivity contribution in [3.63, 3.8) is 0 Å². The highest BCUT2D eigenvalue weighted by Crippen LogP contribution is 2.09. The molecule has 0 spiro atoms. The topological polar surface area (TPSA) is 27.7 Å². The Bertz CT molecular complexity index is 102. The molecule has 0 aromatic heterocycles. The third-order valence-electron chi connectivity index (χ3n) is 1.40. The SMILES string of the molecule is CCB1OB(C)OB(C)O1. The van der Waals surface area contributed by atoms with Crippen LogP contribution in [0, 0.1) is 0 Å². The van der Waals surface area contributed by atoms with Crippen molar-refractivity contribution in [1.29, 1.82) is 0 Å². The molecule has 0 bridgehead atoms. The maximum absolute atomic E-state index is 5.26. The van der Waals surface area contributed by atoms with Crippen LogP contribution in [0.15, 0.2) is 0 Å². The molecule has 0 aromatic rings. The minimum atomic E-state index is -0.131. The average molecular weight is 140 g/mol. The van der Waals surface area contributed by atoms with E-state index >= 15 is 0 Å². The summed E-state index contributed by atoms with van der Waals surface area (Å²) in [6.07, 6.45) is 0.873. The fraction of sp³-hybridized carbons (Fsp3) is 1.00. The van der Waals surface area contributed by atoms with E-state index in [1.54, 1.807) is 0 Å². The van der Waals surface area contributed by atoms with E-state index in [2.05, 4.69) is 0 Å². The Kier molecular flexibility index (Phi) is 2.83. The minimum Gasteiger partial charge on any atom is -0.453 e. The van der Waals surface area contributed by atoms with Crippen molar-refractivity contribution in [2.75, 3.05) is 0 Å². The van der Waals surface area contributed by atoms with Crippen molar-refractivity contribution in [2.24, 2.45) is 0 Å². The molecule has 0 radical (unpaired) electrons. The van der Waals surface area contributed by atoms with Gasteiger partial charge in [0.25, 0.3) is 0 Å². The summed E-state index contributed by atoms with van der Waals surface area (Å²) in [6.45, 7) is 5.78. The minimum absolute atomic E-state index is 0.0845. The van der Waals surface area contributed by atoms with E-state index < -0.39 is 0 Å². The average Bonchev–Trinajstić information content (AvgIpc) is 1.85. The van der Waals surface area contributed by atoms with E-state index in [0.29, 0.717) is 0 Å². The molecule has 6 heteroatoms. The zero-order valence-electron chi connectivity index (χ0n) is 6.66. The Balaban J connectivity index is 2.35. The van der Waals surface area contributed by atoms with Crippen molar-refractivity contribution in [2.45, 2.75) is 26.9 Å². The van der Waals surface area contributed by atoms with Gasteiger partial charge in [-0.05, 0) is 20.0 Å². The predicted molar refractivity (Wildman–Crippen MR) is 42.7 cm³/mol. The molecular formula is C4H11B3O3. The largest absolute Gasteiger partial charge is 0.453 e. The summed E-state index contributed by atoms with van der Waals surface area (Å²) in [7, 11) is -0.346. The highest BCUT2D eigenvalue weighted by Gasteiger charge is 2.33. The molecule has 10 heavy (non-hydrogen) atoms. The number of hydrogen-bond donors (Lipinski definition) is 0. The van der Waals surface area contributed by atoms with E-state index in [9.17, 15) is 0 Å². The fourth-order valence-electron chi connectivity index (χ4n) is 0.986. The van der Waals surface area contributed by atoms with E-state index in [1.807, 2.05) is 20.6 Å². The van der Waals surface area contributed by atoms with Gasteiger partial charge in [0.2, 0.25) is 0 Å². The number of rotatable bonds is 1. The van der Waals surface area contributed by atoms with Gasteiger partial charge in [0.05, 0.1) is 0 Å².